The molecule has 0 aromatic carbocycles. The Labute approximate surface area is 131 Å². The Kier molecular flexibility index (Phi) is 3.82. The van der Waals surface area contributed by atoms with Gasteiger partial charge in [0.25, 0.3) is 5.71 Å². The maximum Gasteiger partial charge on any atom is 0.257 e. The number of aromatic nitrogens is 3. The third-order valence-electron chi connectivity index (χ3n) is 3.35. The Morgan fingerprint density at radius 3 is 2.78 bits per heavy atom. The first-order valence-electron chi connectivity index (χ1n) is 6.71. The lowest BCUT2D eigenvalue weighted by atomic mass is 10.2. The first-order valence-corrected chi connectivity index (χ1v) is 8.20. The average Bonchev–Trinajstić information content (AvgIpc) is 2.88. The molecule has 9 heteroatoms. The second-order valence-corrected chi connectivity index (χ2v) is 6.79. The van der Waals surface area contributed by atoms with Gasteiger partial charge in [0.15, 0.2) is 0 Å². The maximum atomic E-state index is 13.2. The van der Waals surface area contributed by atoms with Crippen molar-refractivity contribution < 1.29 is 17.3 Å². The van der Waals surface area contributed by atoms with Gasteiger partial charge < -0.3 is 4.52 Å². The van der Waals surface area contributed by atoms with Crippen LogP contribution in [0, 0.1) is 12.7 Å². The Bertz CT molecular complexity index is 971. The molecule has 0 saturated carbocycles. The molecule has 7 nitrogen and oxygen atoms in total. The van der Waals surface area contributed by atoms with Crippen molar-refractivity contribution >= 4 is 21.1 Å². The summed E-state index contributed by atoms with van der Waals surface area (Å²) in [6.07, 6.45) is 3.64. The van der Waals surface area contributed by atoms with E-state index in [4.69, 9.17) is 4.52 Å². The van der Waals surface area contributed by atoms with Gasteiger partial charge in [0, 0.05) is 12.2 Å². The smallest absolute Gasteiger partial charge is 0.257 e. The summed E-state index contributed by atoms with van der Waals surface area (Å²) in [5.74, 6) is -0.531. The van der Waals surface area contributed by atoms with E-state index in [1.54, 1.807) is 13.8 Å². The zero-order valence-corrected chi connectivity index (χ0v) is 13.1. The second-order valence-electron chi connectivity index (χ2n) is 5.07. The summed E-state index contributed by atoms with van der Waals surface area (Å²) < 4.78 is 45.5. The van der Waals surface area contributed by atoms with Crippen molar-refractivity contribution in [2.45, 2.75) is 24.8 Å². The molecule has 0 bridgehead atoms. The molecule has 0 aliphatic heterocycles. The fourth-order valence-electron chi connectivity index (χ4n) is 2.11. The molecule has 0 radical (unpaired) electrons. The standard InChI is InChI=1S/C14H13FN4O3S/c1-8(10-3-11(15)6-16-5-10)19-23(20,21)12-4-13-9(2)18-22-14(13)17-7-12/h3-8,19H,1-2H3. The number of nitrogens with one attached hydrogen (secondary N) is 1. The largest absolute Gasteiger partial charge is 0.336 e. The van der Waals surface area contributed by atoms with Gasteiger partial charge in [0.2, 0.25) is 10.0 Å². The molecule has 0 saturated heterocycles. The van der Waals surface area contributed by atoms with Crippen LogP contribution in [0.15, 0.2) is 40.1 Å². The van der Waals surface area contributed by atoms with Crippen LogP contribution in [-0.4, -0.2) is 23.5 Å². The Morgan fingerprint density at radius 2 is 2.04 bits per heavy atom. The topological polar surface area (TPSA) is 98.0 Å². The molecule has 0 amide bonds. The van der Waals surface area contributed by atoms with Crippen LogP contribution in [-0.2, 0) is 10.0 Å². The normalized spacial score (nSPS) is 13.3. The van der Waals surface area contributed by atoms with Crippen LogP contribution in [0.1, 0.15) is 24.2 Å². The van der Waals surface area contributed by atoms with Crippen molar-refractivity contribution in [2.75, 3.05) is 0 Å². The van der Waals surface area contributed by atoms with Crippen molar-refractivity contribution in [1.82, 2.24) is 19.8 Å². The highest BCUT2D eigenvalue weighted by molar-refractivity contribution is 7.89. The summed E-state index contributed by atoms with van der Waals surface area (Å²) in [6, 6.07) is 2.02. The van der Waals surface area contributed by atoms with Gasteiger partial charge in [-0.15, -0.1) is 0 Å². The third kappa shape index (κ3) is 3.06. The van der Waals surface area contributed by atoms with Crippen molar-refractivity contribution in [1.29, 1.82) is 0 Å². The molecule has 3 heterocycles. The summed E-state index contributed by atoms with van der Waals surface area (Å²) in [5, 5.41) is 4.26. The van der Waals surface area contributed by atoms with Gasteiger partial charge in [0.05, 0.1) is 23.5 Å². The van der Waals surface area contributed by atoms with Crippen LogP contribution in [0.25, 0.3) is 11.1 Å². The average molecular weight is 336 g/mol. The van der Waals surface area contributed by atoms with Gasteiger partial charge in [-0.3, -0.25) is 4.98 Å². The maximum absolute atomic E-state index is 13.2. The molecular weight excluding hydrogens is 323 g/mol. The molecule has 0 aliphatic carbocycles. The molecular formula is C14H13FN4O3S. The van der Waals surface area contributed by atoms with Gasteiger partial charge in [-0.25, -0.2) is 22.5 Å². The number of pyridine rings is 2. The molecule has 1 N–H and O–H groups in total. The zero-order valence-electron chi connectivity index (χ0n) is 12.3. The van der Waals surface area contributed by atoms with Crippen LogP contribution in [0.3, 0.4) is 0 Å². The highest BCUT2D eigenvalue weighted by atomic mass is 32.2. The minimum absolute atomic E-state index is 0.0208. The molecule has 0 aliphatic rings. The van der Waals surface area contributed by atoms with Gasteiger partial charge in [-0.05, 0) is 31.5 Å². The van der Waals surface area contributed by atoms with E-state index in [2.05, 4.69) is 19.8 Å². The lowest BCUT2D eigenvalue weighted by molar-refractivity contribution is 0.442. The van der Waals surface area contributed by atoms with Crippen molar-refractivity contribution in [3.8, 4) is 0 Å². The first kappa shape index (κ1) is 15.5. The van der Waals surface area contributed by atoms with E-state index in [0.29, 0.717) is 16.6 Å². The molecule has 3 rings (SSSR count). The first-order chi connectivity index (χ1) is 10.9. The zero-order chi connectivity index (χ0) is 16.6. The fraction of sp³-hybridized carbons (Fsp3) is 0.214. The Balaban J connectivity index is 1.92. The summed E-state index contributed by atoms with van der Waals surface area (Å²) in [4.78, 5) is 7.63. The second kappa shape index (κ2) is 5.67. The summed E-state index contributed by atoms with van der Waals surface area (Å²) >= 11 is 0. The van der Waals surface area contributed by atoms with E-state index < -0.39 is 21.9 Å². The highest BCUT2D eigenvalue weighted by Gasteiger charge is 2.21. The molecule has 23 heavy (non-hydrogen) atoms. The highest BCUT2D eigenvalue weighted by Crippen LogP contribution is 2.21. The van der Waals surface area contributed by atoms with E-state index in [1.807, 2.05) is 0 Å². The van der Waals surface area contributed by atoms with Crippen LogP contribution in [0.2, 0.25) is 0 Å². The summed E-state index contributed by atoms with van der Waals surface area (Å²) in [6.45, 7) is 3.29. The molecule has 3 aromatic heterocycles. The number of rotatable bonds is 4. The van der Waals surface area contributed by atoms with Crippen molar-refractivity contribution in [3.63, 3.8) is 0 Å². The van der Waals surface area contributed by atoms with Crippen molar-refractivity contribution in [3.05, 3.63) is 47.8 Å². The van der Waals surface area contributed by atoms with E-state index >= 15 is 0 Å². The number of nitrogens with zero attached hydrogens (tertiary/aromatic N) is 3. The van der Waals surface area contributed by atoms with Crippen LogP contribution in [0.5, 0.6) is 0 Å². The van der Waals surface area contributed by atoms with Gasteiger partial charge >= 0.3 is 0 Å². The lowest BCUT2D eigenvalue weighted by Crippen LogP contribution is -2.27. The SMILES string of the molecule is Cc1noc2ncc(S(=O)(=O)NC(C)c3cncc(F)c3)cc12. The van der Waals surface area contributed by atoms with E-state index in [-0.39, 0.29) is 10.6 Å². The van der Waals surface area contributed by atoms with Gasteiger partial charge in [0.1, 0.15) is 10.7 Å². The van der Waals surface area contributed by atoms with Crippen LogP contribution >= 0.6 is 0 Å². The Hall–Kier alpha value is -2.39. The van der Waals surface area contributed by atoms with Crippen LogP contribution < -0.4 is 4.72 Å². The molecule has 1 atom stereocenters. The monoisotopic (exact) mass is 336 g/mol. The third-order valence-corrected chi connectivity index (χ3v) is 4.86. The number of hydrogen-bond acceptors (Lipinski definition) is 6. The molecule has 1 unspecified atom stereocenters. The summed E-state index contributed by atoms with van der Waals surface area (Å²) in [7, 11) is -3.84. The van der Waals surface area contributed by atoms with Crippen LogP contribution in [0.4, 0.5) is 4.39 Å². The van der Waals surface area contributed by atoms with Gasteiger partial charge in [-0.1, -0.05) is 5.16 Å². The molecule has 120 valence electrons. The molecule has 3 aromatic rings. The number of sulfonamides is 1. The predicted molar refractivity (Wildman–Crippen MR) is 79.5 cm³/mol. The van der Waals surface area contributed by atoms with Gasteiger partial charge in [-0.2, -0.15) is 0 Å². The Morgan fingerprint density at radius 1 is 1.26 bits per heavy atom. The van der Waals surface area contributed by atoms with E-state index in [0.717, 1.165) is 6.20 Å². The number of fused-ring (bicyclic) bond motifs is 1. The van der Waals surface area contributed by atoms with E-state index in [1.165, 1.54) is 24.5 Å². The minimum Gasteiger partial charge on any atom is -0.336 e. The molecule has 0 spiro atoms. The minimum atomic E-state index is -3.84. The fourth-order valence-corrected chi connectivity index (χ4v) is 3.31. The number of halogens is 1. The number of hydrogen-bond donors (Lipinski definition) is 1. The predicted octanol–water partition coefficient (Wildman–Crippen LogP) is 2.10. The van der Waals surface area contributed by atoms with Crippen molar-refractivity contribution in [2.24, 2.45) is 0 Å². The number of aryl methyl sites for hydroxylation is 1. The summed E-state index contributed by atoms with van der Waals surface area (Å²) in [5.41, 5.74) is 1.24. The lowest BCUT2D eigenvalue weighted by Gasteiger charge is -2.14. The quantitative estimate of drug-likeness (QED) is 0.783. The van der Waals surface area contributed by atoms with E-state index in [9.17, 15) is 12.8 Å². The molecule has 0 fully saturated rings.